The van der Waals surface area contributed by atoms with Crippen LogP contribution < -0.4 is 5.32 Å². The lowest BCUT2D eigenvalue weighted by Gasteiger charge is -2.30. The summed E-state index contributed by atoms with van der Waals surface area (Å²) in [4.78, 5) is 37.0. The molecule has 1 N–H and O–H groups in total. The zero-order chi connectivity index (χ0) is 15.5. The molecule has 0 bridgehead atoms. The molecule has 1 aliphatic rings. The van der Waals surface area contributed by atoms with Crippen LogP contribution in [0.15, 0.2) is 0 Å². The van der Waals surface area contributed by atoms with E-state index < -0.39 is 34.9 Å². The Morgan fingerprint density at radius 1 is 1.15 bits per heavy atom. The summed E-state index contributed by atoms with van der Waals surface area (Å²) in [6, 6.07) is -1.29. The van der Waals surface area contributed by atoms with Gasteiger partial charge in [-0.25, -0.2) is 14.4 Å². The summed E-state index contributed by atoms with van der Waals surface area (Å²) in [7, 11) is 2.49. The molecular weight excluding hydrogens is 284 g/mol. The van der Waals surface area contributed by atoms with E-state index in [1.54, 1.807) is 0 Å². The van der Waals surface area contributed by atoms with Gasteiger partial charge < -0.3 is 14.8 Å². The molecular formula is C12H20N2O5S. The third kappa shape index (κ3) is 3.78. The number of rotatable bonds is 2. The number of carbonyl (C=O) groups excluding carboxylic acids is 3. The highest BCUT2D eigenvalue weighted by molar-refractivity contribution is 8.00. The average Bonchev–Trinajstić information content (AvgIpc) is 2.79. The number of thioether (sulfide) groups is 1. The smallest absolute Gasteiger partial charge is 0.339 e. The number of hydrogen-bond acceptors (Lipinski definition) is 6. The molecule has 0 aromatic carbocycles. The van der Waals surface area contributed by atoms with Crippen LogP contribution in [0.1, 0.15) is 20.8 Å². The fraction of sp³-hybridized carbons (Fsp3) is 0.750. The second-order valence-corrected chi connectivity index (χ2v) is 6.45. The minimum Gasteiger partial charge on any atom is -0.467 e. The van der Waals surface area contributed by atoms with Gasteiger partial charge >= 0.3 is 18.0 Å². The monoisotopic (exact) mass is 304 g/mol. The van der Waals surface area contributed by atoms with Crippen molar-refractivity contribution in [3.63, 3.8) is 0 Å². The van der Waals surface area contributed by atoms with E-state index in [2.05, 4.69) is 14.8 Å². The summed E-state index contributed by atoms with van der Waals surface area (Å²) in [6.07, 6.45) is 0. The SMILES string of the molecule is COC(=O)[C@H]1CS[C@@H](C(=O)OC)N1C(=O)NC(C)(C)C. The van der Waals surface area contributed by atoms with Crippen molar-refractivity contribution in [2.45, 2.75) is 37.7 Å². The van der Waals surface area contributed by atoms with Gasteiger partial charge in [-0.15, -0.1) is 11.8 Å². The Hall–Kier alpha value is -1.44. The lowest BCUT2D eigenvalue weighted by molar-refractivity contribution is -0.147. The van der Waals surface area contributed by atoms with Crippen molar-refractivity contribution >= 4 is 29.7 Å². The first-order chi connectivity index (χ1) is 9.21. The summed E-state index contributed by atoms with van der Waals surface area (Å²) in [5, 5.41) is 1.90. The van der Waals surface area contributed by atoms with E-state index in [4.69, 9.17) is 0 Å². The van der Waals surface area contributed by atoms with Crippen molar-refractivity contribution in [1.29, 1.82) is 0 Å². The van der Waals surface area contributed by atoms with Crippen LogP contribution in [0.4, 0.5) is 4.79 Å². The number of hydrogen-bond donors (Lipinski definition) is 1. The molecule has 0 radical (unpaired) electrons. The molecule has 7 nitrogen and oxygen atoms in total. The van der Waals surface area contributed by atoms with Crippen molar-refractivity contribution in [2.75, 3.05) is 20.0 Å². The second-order valence-electron chi connectivity index (χ2n) is 5.34. The molecule has 2 atom stereocenters. The minimum absolute atomic E-state index is 0.296. The van der Waals surface area contributed by atoms with Crippen LogP contribution in [0.2, 0.25) is 0 Å². The summed E-state index contributed by atoms with van der Waals surface area (Å²) in [5.74, 6) is -0.817. The number of nitrogens with one attached hydrogen (secondary N) is 1. The Labute approximate surface area is 122 Å². The average molecular weight is 304 g/mol. The molecule has 0 aromatic rings. The number of carbonyl (C=O) groups is 3. The van der Waals surface area contributed by atoms with E-state index in [-0.39, 0.29) is 0 Å². The Balaban J connectivity index is 2.98. The molecule has 1 aliphatic heterocycles. The van der Waals surface area contributed by atoms with Crippen molar-refractivity contribution in [1.82, 2.24) is 10.2 Å². The number of methoxy groups -OCH3 is 2. The summed E-state index contributed by atoms with van der Waals surface area (Å²) >= 11 is 1.18. The summed E-state index contributed by atoms with van der Waals surface area (Å²) < 4.78 is 9.35. The maximum atomic E-state index is 12.3. The highest BCUT2D eigenvalue weighted by Gasteiger charge is 2.46. The molecule has 1 rings (SSSR count). The Morgan fingerprint density at radius 2 is 1.70 bits per heavy atom. The number of nitrogens with zero attached hydrogens (tertiary/aromatic N) is 1. The van der Waals surface area contributed by atoms with Crippen molar-refractivity contribution in [2.24, 2.45) is 0 Å². The minimum atomic E-state index is -0.841. The van der Waals surface area contributed by atoms with Crippen LogP contribution in [0.3, 0.4) is 0 Å². The molecule has 0 saturated carbocycles. The predicted octanol–water partition coefficient (Wildman–Crippen LogP) is 0.584. The Bertz CT molecular complexity index is 383. The van der Waals surface area contributed by atoms with E-state index in [0.717, 1.165) is 0 Å². The first kappa shape index (κ1) is 16.6. The second kappa shape index (κ2) is 6.34. The van der Waals surface area contributed by atoms with E-state index in [1.807, 2.05) is 20.8 Å². The fourth-order valence-electron chi connectivity index (χ4n) is 1.74. The standard InChI is InChI=1S/C12H20N2O5S/c1-12(2,3)13-11(17)14-7(9(15)18-4)6-20-8(14)10(16)19-5/h7-8H,6H2,1-5H3,(H,13,17)/t7-,8+/m1/s1. The fourth-order valence-corrected chi connectivity index (χ4v) is 3.04. The number of urea groups is 1. The Morgan fingerprint density at radius 3 is 2.15 bits per heavy atom. The van der Waals surface area contributed by atoms with Gasteiger partial charge in [0.1, 0.15) is 6.04 Å². The third-order valence-electron chi connectivity index (χ3n) is 2.59. The molecule has 0 unspecified atom stereocenters. The topological polar surface area (TPSA) is 84.9 Å². The molecule has 20 heavy (non-hydrogen) atoms. The zero-order valence-corrected chi connectivity index (χ0v) is 13.1. The number of ether oxygens (including phenoxy) is 2. The lowest BCUT2D eigenvalue weighted by atomic mass is 10.1. The predicted molar refractivity (Wildman–Crippen MR) is 74.2 cm³/mol. The van der Waals surface area contributed by atoms with Crippen LogP contribution in [-0.4, -0.2) is 59.8 Å². The van der Waals surface area contributed by atoms with Gasteiger partial charge in [-0.1, -0.05) is 0 Å². The largest absolute Gasteiger partial charge is 0.467 e. The molecule has 0 aliphatic carbocycles. The van der Waals surface area contributed by atoms with E-state index in [1.165, 1.54) is 30.9 Å². The van der Waals surface area contributed by atoms with Gasteiger partial charge in [0.2, 0.25) is 0 Å². The number of esters is 2. The highest BCUT2D eigenvalue weighted by Crippen LogP contribution is 2.31. The van der Waals surface area contributed by atoms with Crippen LogP contribution in [0.5, 0.6) is 0 Å². The maximum Gasteiger partial charge on any atom is 0.339 e. The van der Waals surface area contributed by atoms with Gasteiger partial charge in [-0.3, -0.25) is 4.90 Å². The zero-order valence-electron chi connectivity index (χ0n) is 12.3. The van der Waals surface area contributed by atoms with Crippen LogP contribution >= 0.6 is 11.8 Å². The molecule has 1 fully saturated rings. The third-order valence-corrected chi connectivity index (χ3v) is 3.84. The highest BCUT2D eigenvalue weighted by atomic mass is 32.2. The maximum absolute atomic E-state index is 12.3. The van der Waals surface area contributed by atoms with Crippen molar-refractivity contribution in [3.05, 3.63) is 0 Å². The van der Waals surface area contributed by atoms with E-state index >= 15 is 0 Å². The summed E-state index contributed by atoms with van der Waals surface area (Å²) in [6.45, 7) is 5.44. The van der Waals surface area contributed by atoms with Crippen molar-refractivity contribution < 1.29 is 23.9 Å². The molecule has 1 heterocycles. The Kier molecular flexibility index (Phi) is 5.27. The lowest BCUT2D eigenvalue weighted by Crippen LogP contribution is -2.56. The molecule has 8 heteroatoms. The van der Waals surface area contributed by atoms with E-state index in [9.17, 15) is 14.4 Å². The van der Waals surface area contributed by atoms with Gasteiger partial charge in [-0.05, 0) is 20.8 Å². The van der Waals surface area contributed by atoms with E-state index in [0.29, 0.717) is 5.75 Å². The molecule has 114 valence electrons. The number of amides is 2. The van der Waals surface area contributed by atoms with Gasteiger partial charge in [0, 0.05) is 11.3 Å². The van der Waals surface area contributed by atoms with Crippen LogP contribution in [0.25, 0.3) is 0 Å². The quantitative estimate of drug-likeness (QED) is 0.751. The van der Waals surface area contributed by atoms with Gasteiger partial charge in [0.05, 0.1) is 14.2 Å². The van der Waals surface area contributed by atoms with Crippen LogP contribution in [0, 0.1) is 0 Å². The molecule has 0 spiro atoms. The molecule has 1 saturated heterocycles. The van der Waals surface area contributed by atoms with Crippen molar-refractivity contribution in [3.8, 4) is 0 Å². The molecule has 0 aromatic heterocycles. The van der Waals surface area contributed by atoms with Gasteiger partial charge in [-0.2, -0.15) is 0 Å². The summed E-state index contributed by atoms with van der Waals surface area (Å²) in [5.41, 5.74) is -0.480. The molecule has 2 amide bonds. The first-order valence-electron chi connectivity index (χ1n) is 6.09. The van der Waals surface area contributed by atoms with Gasteiger partial charge in [0.15, 0.2) is 5.37 Å². The van der Waals surface area contributed by atoms with Crippen LogP contribution in [-0.2, 0) is 19.1 Å². The normalized spacial score (nSPS) is 22.4. The van der Waals surface area contributed by atoms with Gasteiger partial charge in [0.25, 0.3) is 0 Å². The first-order valence-corrected chi connectivity index (χ1v) is 7.14.